The molecule has 0 saturated carbocycles. The van der Waals surface area contributed by atoms with E-state index in [4.69, 9.17) is 12.6 Å². The minimum atomic E-state index is 0. The summed E-state index contributed by atoms with van der Waals surface area (Å²) in [5.74, 6) is 0. The summed E-state index contributed by atoms with van der Waals surface area (Å²) in [4.78, 5) is 1.04. The molecule has 1 rings (SSSR count). The average Bonchev–Trinajstić information content (AvgIpc) is 2.35. The van der Waals surface area contributed by atoms with E-state index in [9.17, 15) is 0 Å². The van der Waals surface area contributed by atoms with Crippen LogP contribution in [0.25, 0.3) is 0 Å². The molecule has 0 radical (unpaired) electrons. The van der Waals surface area contributed by atoms with E-state index in [1.54, 1.807) is 0 Å². The Bertz CT molecular complexity index is 299. The van der Waals surface area contributed by atoms with Crippen LogP contribution < -0.4 is 18.9 Å². The van der Waals surface area contributed by atoms with Crippen LogP contribution in [0.3, 0.4) is 0 Å². The van der Waals surface area contributed by atoms with Crippen molar-refractivity contribution in [3.63, 3.8) is 0 Å². The number of rotatable bonds is 9. The van der Waals surface area contributed by atoms with E-state index in [0.29, 0.717) is 0 Å². The molecule has 0 aliphatic carbocycles. The summed E-state index contributed by atoms with van der Waals surface area (Å²) in [7, 11) is 0. The maximum absolute atomic E-state index is 5.30. The first kappa shape index (κ1) is 18.0. The summed E-state index contributed by atoms with van der Waals surface area (Å²) in [6, 6.07) is 8.33. The molecule has 1 aromatic rings. The molecule has 1 aromatic carbocycles. The molecule has 0 atom stereocenters. The molecule has 0 nitrogen and oxygen atoms in total. The SMILES string of the molecule is CCCCCCCCCCc1ccccc1[S-].[Li+]. The van der Waals surface area contributed by atoms with Gasteiger partial charge >= 0.3 is 18.9 Å². The molecule has 0 amide bonds. The number of unbranched alkanes of at least 4 members (excludes halogenated alkanes) is 7. The van der Waals surface area contributed by atoms with E-state index in [-0.39, 0.29) is 18.9 Å². The van der Waals surface area contributed by atoms with Crippen molar-refractivity contribution in [2.45, 2.75) is 69.6 Å². The van der Waals surface area contributed by atoms with Gasteiger partial charge in [-0.2, -0.15) is 4.90 Å². The fourth-order valence-electron chi connectivity index (χ4n) is 2.16. The molecule has 0 N–H and O–H groups in total. The largest absolute Gasteiger partial charge is 1.00 e. The van der Waals surface area contributed by atoms with Crippen molar-refractivity contribution in [3.05, 3.63) is 29.8 Å². The molecule has 0 spiro atoms. The fourth-order valence-corrected chi connectivity index (χ4v) is 2.41. The van der Waals surface area contributed by atoms with Crippen LogP contribution in [0.4, 0.5) is 0 Å². The molecule has 18 heavy (non-hydrogen) atoms. The Morgan fingerprint density at radius 3 is 2.00 bits per heavy atom. The van der Waals surface area contributed by atoms with Gasteiger partial charge in [-0.15, -0.1) is 0 Å². The molecule has 2 heteroatoms. The average molecular weight is 256 g/mol. The van der Waals surface area contributed by atoms with Gasteiger partial charge < -0.3 is 12.6 Å². The smallest absolute Gasteiger partial charge is 0.779 e. The molecular weight excluding hydrogens is 231 g/mol. The molecule has 0 aromatic heterocycles. The van der Waals surface area contributed by atoms with E-state index >= 15 is 0 Å². The van der Waals surface area contributed by atoms with Crippen molar-refractivity contribution >= 4 is 12.6 Å². The number of aryl methyl sites for hydroxylation is 1. The normalized spacial score (nSPS) is 10.1. The zero-order valence-corrected chi connectivity index (χ0v) is 12.9. The third-order valence-corrected chi connectivity index (χ3v) is 3.67. The minimum Gasteiger partial charge on any atom is -0.779 e. The van der Waals surface area contributed by atoms with Crippen LogP contribution in [0.2, 0.25) is 0 Å². The van der Waals surface area contributed by atoms with Crippen molar-refractivity contribution < 1.29 is 18.9 Å². The Labute approximate surface area is 131 Å². The number of benzene rings is 1. The maximum atomic E-state index is 5.30. The van der Waals surface area contributed by atoms with Gasteiger partial charge in [-0.05, 0) is 12.8 Å². The first-order valence-corrected chi connectivity index (χ1v) is 7.50. The Kier molecular flexibility index (Phi) is 12.1. The van der Waals surface area contributed by atoms with Crippen molar-refractivity contribution in [1.82, 2.24) is 0 Å². The first-order valence-electron chi connectivity index (χ1n) is 7.09. The van der Waals surface area contributed by atoms with E-state index in [1.807, 2.05) is 12.1 Å². The van der Waals surface area contributed by atoms with Crippen LogP contribution in [0, 0.1) is 0 Å². The van der Waals surface area contributed by atoms with Gasteiger partial charge in [-0.1, -0.05) is 81.7 Å². The van der Waals surface area contributed by atoms with E-state index in [2.05, 4.69) is 19.1 Å². The molecule has 0 bridgehead atoms. The Balaban J connectivity index is 0.00000289. The summed E-state index contributed by atoms with van der Waals surface area (Å²) in [6.45, 7) is 2.27. The van der Waals surface area contributed by atoms with Crippen LogP contribution in [-0.4, -0.2) is 0 Å². The monoisotopic (exact) mass is 256 g/mol. The van der Waals surface area contributed by atoms with Crippen LogP contribution in [0.5, 0.6) is 0 Å². The molecule has 0 aliphatic heterocycles. The minimum absolute atomic E-state index is 0. The zero-order valence-electron chi connectivity index (χ0n) is 12.1. The third kappa shape index (κ3) is 8.19. The van der Waals surface area contributed by atoms with Crippen molar-refractivity contribution in [3.8, 4) is 0 Å². The van der Waals surface area contributed by atoms with Crippen molar-refractivity contribution in [2.24, 2.45) is 0 Å². The molecule has 0 aliphatic rings. The third-order valence-electron chi connectivity index (χ3n) is 3.27. The Morgan fingerprint density at radius 1 is 0.833 bits per heavy atom. The second kappa shape index (κ2) is 12.1. The van der Waals surface area contributed by atoms with E-state index < -0.39 is 0 Å². The van der Waals surface area contributed by atoms with E-state index in [0.717, 1.165) is 11.3 Å². The van der Waals surface area contributed by atoms with Gasteiger partial charge in [0.15, 0.2) is 0 Å². The second-order valence-electron chi connectivity index (χ2n) is 4.83. The van der Waals surface area contributed by atoms with Crippen molar-refractivity contribution in [2.75, 3.05) is 0 Å². The number of hydrogen-bond acceptors (Lipinski definition) is 1. The standard InChI is InChI=1S/C16H26S.Li/c1-2-3-4-5-6-7-8-9-12-15-13-10-11-14-16(15)17;/h10-11,13-14,17H,2-9,12H2,1H3;/q;+1/p-1. The second-order valence-corrected chi connectivity index (χ2v) is 5.27. The van der Waals surface area contributed by atoms with Crippen LogP contribution in [-0.2, 0) is 19.0 Å². The topological polar surface area (TPSA) is 0 Å². The van der Waals surface area contributed by atoms with Gasteiger partial charge in [0.1, 0.15) is 0 Å². The van der Waals surface area contributed by atoms with Crippen LogP contribution in [0.1, 0.15) is 63.9 Å². The molecule has 0 unspecified atom stereocenters. The first-order chi connectivity index (χ1) is 8.34. The van der Waals surface area contributed by atoms with Gasteiger partial charge in [0.2, 0.25) is 0 Å². The van der Waals surface area contributed by atoms with E-state index in [1.165, 1.54) is 56.9 Å². The number of hydrogen-bond donors (Lipinski definition) is 0. The summed E-state index contributed by atoms with van der Waals surface area (Å²) < 4.78 is 0. The van der Waals surface area contributed by atoms with Crippen molar-refractivity contribution in [1.29, 1.82) is 0 Å². The summed E-state index contributed by atoms with van der Waals surface area (Å²) >= 11 is 5.30. The Morgan fingerprint density at radius 2 is 1.39 bits per heavy atom. The molecule has 96 valence electrons. The van der Waals surface area contributed by atoms with Gasteiger partial charge in [-0.3, -0.25) is 0 Å². The van der Waals surface area contributed by atoms with Gasteiger partial charge in [0.25, 0.3) is 0 Å². The van der Waals surface area contributed by atoms with Gasteiger partial charge in [0.05, 0.1) is 0 Å². The van der Waals surface area contributed by atoms with Gasteiger partial charge in [0, 0.05) is 0 Å². The summed E-state index contributed by atoms with van der Waals surface area (Å²) in [6.07, 6.45) is 12.2. The predicted molar refractivity (Wildman–Crippen MR) is 78.4 cm³/mol. The zero-order chi connectivity index (χ0) is 12.3. The van der Waals surface area contributed by atoms with Gasteiger partial charge in [-0.25, -0.2) is 0 Å². The molecule has 0 fully saturated rings. The molecular formula is C16H25LiS. The molecule has 0 heterocycles. The van der Waals surface area contributed by atoms with Crippen LogP contribution in [0.15, 0.2) is 29.2 Å². The quantitative estimate of drug-likeness (QED) is 0.371. The molecule has 0 saturated heterocycles. The maximum Gasteiger partial charge on any atom is 1.00 e. The Hall–Kier alpha value is 0.0374. The summed E-state index contributed by atoms with van der Waals surface area (Å²) in [5.41, 5.74) is 1.36. The van der Waals surface area contributed by atoms with Crippen LogP contribution >= 0.6 is 0 Å². The fraction of sp³-hybridized carbons (Fsp3) is 0.625. The predicted octanol–water partition coefficient (Wildman–Crippen LogP) is 2.28. The summed E-state index contributed by atoms with van der Waals surface area (Å²) in [5, 5.41) is 0.